The van der Waals surface area contributed by atoms with Gasteiger partial charge in [-0.25, -0.2) is 0 Å². The van der Waals surface area contributed by atoms with Gasteiger partial charge in [-0.3, -0.25) is 15.1 Å². The van der Waals surface area contributed by atoms with Crippen LogP contribution >= 0.6 is 11.6 Å². The summed E-state index contributed by atoms with van der Waals surface area (Å²) >= 11 is 5.87. The van der Waals surface area contributed by atoms with Crippen molar-refractivity contribution in [1.29, 1.82) is 0 Å². The largest absolute Gasteiger partial charge is 0.374 e. The maximum Gasteiger partial charge on any atom is 0.310 e. The number of hydrogen-bond acceptors (Lipinski definition) is 4. The molecule has 0 aliphatic rings. The van der Waals surface area contributed by atoms with Gasteiger partial charge in [-0.15, -0.1) is 0 Å². The van der Waals surface area contributed by atoms with Gasteiger partial charge < -0.3 is 5.32 Å². The summed E-state index contributed by atoms with van der Waals surface area (Å²) in [6.45, 7) is 2.47. The number of aryl methyl sites for hydroxylation is 1. The molecular weight excluding hydrogens is 278 g/mol. The Labute approximate surface area is 121 Å². The van der Waals surface area contributed by atoms with E-state index in [1.807, 2.05) is 19.1 Å². The van der Waals surface area contributed by atoms with Crippen molar-refractivity contribution in [2.45, 2.75) is 19.9 Å². The van der Waals surface area contributed by atoms with Gasteiger partial charge in [0, 0.05) is 6.20 Å². The average molecular weight is 292 g/mol. The zero-order valence-electron chi connectivity index (χ0n) is 11.0. The van der Waals surface area contributed by atoms with Gasteiger partial charge in [0.25, 0.3) is 0 Å². The highest BCUT2D eigenvalue weighted by molar-refractivity contribution is 6.33. The van der Waals surface area contributed by atoms with Crippen molar-refractivity contribution in [3.63, 3.8) is 0 Å². The van der Waals surface area contributed by atoms with Crippen LogP contribution in [0.25, 0.3) is 0 Å². The van der Waals surface area contributed by atoms with E-state index < -0.39 is 4.92 Å². The van der Waals surface area contributed by atoms with Crippen LogP contribution in [0.2, 0.25) is 5.02 Å². The summed E-state index contributed by atoms with van der Waals surface area (Å²) in [5.41, 5.74) is 2.28. The topological polar surface area (TPSA) is 68.1 Å². The maximum atomic E-state index is 11.0. The number of nitrogens with zero attached hydrogens (tertiary/aromatic N) is 2. The fourth-order valence-corrected chi connectivity index (χ4v) is 2.22. The van der Waals surface area contributed by atoms with Gasteiger partial charge in [0.05, 0.1) is 17.2 Å². The van der Waals surface area contributed by atoms with Crippen LogP contribution in [0.1, 0.15) is 18.2 Å². The lowest BCUT2D eigenvalue weighted by molar-refractivity contribution is -0.383. The van der Waals surface area contributed by atoms with Crippen molar-refractivity contribution in [2.24, 2.45) is 0 Å². The number of nitrogens with one attached hydrogen (secondary N) is 1. The third-order valence-electron chi connectivity index (χ3n) is 2.98. The van der Waals surface area contributed by atoms with Crippen LogP contribution in [0, 0.1) is 10.1 Å². The van der Waals surface area contributed by atoms with E-state index in [0.29, 0.717) is 12.2 Å². The molecule has 0 aliphatic heterocycles. The van der Waals surface area contributed by atoms with Gasteiger partial charge in [0.15, 0.2) is 0 Å². The number of hydrogen-bond donors (Lipinski definition) is 1. The number of rotatable bonds is 5. The monoisotopic (exact) mass is 291 g/mol. The number of benzene rings is 1. The van der Waals surface area contributed by atoms with Crippen LogP contribution in [0.3, 0.4) is 0 Å². The summed E-state index contributed by atoms with van der Waals surface area (Å²) in [5.74, 6) is 0. The van der Waals surface area contributed by atoms with Gasteiger partial charge >= 0.3 is 5.69 Å². The first-order valence-electron chi connectivity index (χ1n) is 6.23. The quantitative estimate of drug-likeness (QED) is 0.672. The molecule has 0 saturated carbocycles. The molecule has 2 aromatic rings. The van der Waals surface area contributed by atoms with Crippen LogP contribution in [0.5, 0.6) is 0 Å². The Morgan fingerprint density at radius 3 is 2.85 bits per heavy atom. The Morgan fingerprint density at radius 1 is 1.35 bits per heavy atom. The molecule has 6 heteroatoms. The van der Waals surface area contributed by atoms with Crippen molar-refractivity contribution >= 4 is 23.0 Å². The molecule has 1 aromatic heterocycles. The molecule has 0 saturated heterocycles. The van der Waals surface area contributed by atoms with Crippen molar-refractivity contribution < 1.29 is 4.92 Å². The Balaban J connectivity index is 2.23. The third-order valence-corrected chi connectivity index (χ3v) is 3.29. The molecule has 0 unspecified atom stereocenters. The summed E-state index contributed by atoms with van der Waals surface area (Å²) in [4.78, 5) is 14.9. The molecule has 0 spiro atoms. The van der Waals surface area contributed by atoms with E-state index in [4.69, 9.17) is 11.6 Å². The highest BCUT2D eigenvalue weighted by atomic mass is 35.5. The van der Waals surface area contributed by atoms with Crippen LogP contribution in [-0.2, 0) is 13.0 Å². The smallest absolute Gasteiger partial charge is 0.310 e. The lowest BCUT2D eigenvalue weighted by Gasteiger charge is -2.10. The van der Waals surface area contributed by atoms with E-state index in [9.17, 15) is 10.1 Å². The Morgan fingerprint density at radius 2 is 2.15 bits per heavy atom. The zero-order valence-corrected chi connectivity index (χ0v) is 11.7. The highest BCUT2D eigenvalue weighted by Gasteiger charge is 2.18. The summed E-state index contributed by atoms with van der Waals surface area (Å²) in [5, 5.41) is 14.2. The molecule has 0 amide bonds. The number of halogens is 1. The number of anilines is 1. The molecule has 104 valence electrons. The Hall–Kier alpha value is -2.14. The van der Waals surface area contributed by atoms with Crippen LogP contribution in [-0.4, -0.2) is 9.91 Å². The first-order chi connectivity index (χ1) is 9.63. The van der Waals surface area contributed by atoms with Gasteiger partial charge in [-0.2, -0.15) is 0 Å². The molecule has 2 rings (SSSR count). The lowest BCUT2D eigenvalue weighted by Crippen LogP contribution is -2.06. The molecule has 5 nitrogen and oxygen atoms in total. The molecule has 1 aromatic carbocycles. The summed E-state index contributed by atoms with van der Waals surface area (Å²) < 4.78 is 0. The van der Waals surface area contributed by atoms with Gasteiger partial charge in [0.2, 0.25) is 0 Å². The molecule has 0 atom stereocenters. The second-order valence-corrected chi connectivity index (χ2v) is 4.62. The first-order valence-corrected chi connectivity index (χ1v) is 6.60. The molecule has 20 heavy (non-hydrogen) atoms. The van der Waals surface area contributed by atoms with Gasteiger partial charge in [-0.1, -0.05) is 30.7 Å². The number of nitro benzene ring substituents is 1. The van der Waals surface area contributed by atoms with E-state index in [1.54, 1.807) is 18.3 Å². The fourth-order valence-electron chi connectivity index (χ4n) is 1.97. The van der Waals surface area contributed by atoms with Gasteiger partial charge in [-0.05, 0) is 30.2 Å². The molecular formula is C14H14ClN3O2. The normalized spacial score (nSPS) is 10.3. The fraction of sp³-hybridized carbons (Fsp3) is 0.214. The zero-order chi connectivity index (χ0) is 14.5. The van der Waals surface area contributed by atoms with Gasteiger partial charge in [0.1, 0.15) is 10.7 Å². The predicted octanol–water partition coefficient (Wildman–Crippen LogP) is 3.82. The van der Waals surface area contributed by atoms with E-state index in [-0.39, 0.29) is 10.7 Å². The Bertz CT molecular complexity index is 632. The number of para-hydroxylation sites is 1. The first kappa shape index (κ1) is 14.3. The van der Waals surface area contributed by atoms with E-state index in [0.717, 1.165) is 17.7 Å². The Kier molecular flexibility index (Phi) is 4.53. The van der Waals surface area contributed by atoms with E-state index in [1.165, 1.54) is 6.07 Å². The van der Waals surface area contributed by atoms with E-state index in [2.05, 4.69) is 10.3 Å². The van der Waals surface area contributed by atoms with E-state index >= 15 is 0 Å². The number of nitro groups is 1. The second-order valence-electron chi connectivity index (χ2n) is 4.21. The molecule has 1 N–H and O–H groups in total. The molecule has 0 radical (unpaired) electrons. The van der Waals surface area contributed by atoms with Crippen LogP contribution in [0.4, 0.5) is 11.4 Å². The second kappa shape index (κ2) is 6.34. The minimum atomic E-state index is -0.482. The van der Waals surface area contributed by atoms with Crippen molar-refractivity contribution in [3.05, 3.63) is 62.9 Å². The SMILES string of the molecule is CCc1cccnc1CNc1cccc(Cl)c1[N+](=O)[O-]. The standard InChI is InChI=1S/C14H14ClN3O2/c1-2-10-5-4-8-16-13(10)9-17-12-7-3-6-11(15)14(12)18(19)20/h3-8,17H,2,9H2,1H3. The van der Waals surface area contributed by atoms with Crippen molar-refractivity contribution in [1.82, 2.24) is 4.98 Å². The maximum absolute atomic E-state index is 11.0. The van der Waals surface area contributed by atoms with Crippen LogP contribution < -0.4 is 5.32 Å². The molecule has 0 aliphatic carbocycles. The average Bonchev–Trinajstić information content (AvgIpc) is 2.45. The highest BCUT2D eigenvalue weighted by Crippen LogP contribution is 2.32. The van der Waals surface area contributed by atoms with Crippen LogP contribution in [0.15, 0.2) is 36.5 Å². The minimum Gasteiger partial charge on any atom is -0.374 e. The van der Waals surface area contributed by atoms with Crippen molar-refractivity contribution in [3.8, 4) is 0 Å². The summed E-state index contributed by atoms with van der Waals surface area (Å²) in [6.07, 6.45) is 2.57. The summed E-state index contributed by atoms with van der Waals surface area (Å²) in [7, 11) is 0. The molecule has 1 heterocycles. The minimum absolute atomic E-state index is 0.108. The third kappa shape index (κ3) is 3.05. The van der Waals surface area contributed by atoms with Crippen molar-refractivity contribution in [2.75, 3.05) is 5.32 Å². The lowest BCUT2D eigenvalue weighted by atomic mass is 10.1. The number of aromatic nitrogens is 1. The predicted molar refractivity (Wildman–Crippen MR) is 79.0 cm³/mol. The number of pyridine rings is 1. The summed E-state index contributed by atoms with van der Waals surface area (Å²) in [6, 6.07) is 8.69. The molecule has 0 bridgehead atoms. The molecule has 0 fully saturated rings.